The Morgan fingerprint density at radius 3 is 2.21 bits per heavy atom. The molecule has 0 aromatic carbocycles. The zero-order valence-corrected chi connectivity index (χ0v) is 45.2. The van der Waals surface area contributed by atoms with Gasteiger partial charge in [0.2, 0.25) is 5.91 Å². The SMILES string of the molecule is CCC(C)(C)C(C)C(=O)N1CCCCC1C(=O)O/C(=C\C(=O)[C@H](C)/C=C(\C)[C@@H](O)[C@@H](OC)C(=O)[C@H](C)C[C@H](C)/C=C/C=C/C=C(\C)[C@H](CC1CC[C@@H](C)C(=O)O1)OC)[C@H](C)CC1CC[C@@H](O)[C@H](OC)C1. The van der Waals surface area contributed by atoms with Crippen molar-refractivity contribution in [1.82, 2.24) is 4.90 Å². The lowest BCUT2D eigenvalue weighted by Gasteiger charge is -2.39. The highest BCUT2D eigenvalue weighted by molar-refractivity contribution is 5.94. The zero-order chi connectivity index (χ0) is 52.5. The average molecular weight is 982 g/mol. The molecule has 3 fully saturated rings. The van der Waals surface area contributed by atoms with Gasteiger partial charge in [0.1, 0.15) is 30.1 Å². The van der Waals surface area contributed by atoms with Gasteiger partial charge < -0.3 is 38.8 Å². The van der Waals surface area contributed by atoms with Gasteiger partial charge in [0.25, 0.3) is 0 Å². The fraction of sp³-hybridized carbons (Fsp3) is 0.737. The highest BCUT2D eigenvalue weighted by Gasteiger charge is 2.41. The molecule has 0 radical (unpaired) electrons. The molecule has 396 valence electrons. The molecule has 70 heavy (non-hydrogen) atoms. The molecule has 2 saturated heterocycles. The molecule has 1 aliphatic carbocycles. The number of esters is 2. The number of allylic oxidation sites excluding steroid dienone is 8. The Bertz CT molecular complexity index is 1880. The predicted octanol–water partition coefficient (Wildman–Crippen LogP) is 9.63. The van der Waals surface area contributed by atoms with Crippen LogP contribution in [0.3, 0.4) is 0 Å². The Kier molecular flexibility index (Phi) is 25.2. The quantitative estimate of drug-likeness (QED) is 0.0277. The molecule has 3 aliphatic rings. The monoisotopic (exact) mass is 982 g/mol. The lowest BCUT2D eigenvalue weighted by molar-refractivity contribution is -0.161. The minimum absolute atomic E-state index is 0.0368. The fourth-order valence-corrected chi connectivity index (χ4v) is 9.98. The molecule has 3 rings (SSSR count). The van der Waals surface area contributed by atoms with E-state index in [9.17, 15) is 34.2 Å². The molecular formula is C57H91NO12. The second-order valence-corrected chi connectivity index (χ2v) is 21.6. The van der Waals surface area contributed by atoms with Crippen LogP contribution < -0.4 is 0 Å². The van der Waals surface area contributed by atoms with Crippen molar-refractivity contribution in [1.29, 1.82) is 0 Å². The summed E-state index contributed by atoms with van der Waals surface area (Å²) < 4.78 is 28.7. The van der Waals surface area contributed by atoms with Gasteiger partial charge in [-0.25, -0.2) is 4.79 Å². The Hall–Kier alpha value is -3.75. The summed E-state index contributed by atoms with van der Waals surface area (Å²) >= 11 is 0. The van der Waals surface area contributed by atoms with Gasteiger partial charge in [-0.05, 0) is 106 Å². The Labute approximate surface area is 420 Å². The second kappa shape index (κ2) is 29.1. The van der Waals surface area contributed by atoms with E-state index in [1.54, 1.807) is 39.0 Å². The van der Waals surface area contributed by atoms with Crippen LogP contribution in [0.1, 0.15) is 153 Å². The molecule has 4 unspecified atom stereocenters. The number of methoxy groups -OCH3 is 3. The number of hydrogen-bond acceptors (Lipinski definition) is 12. The number of likely N-dealkylation sites (tertiary alicyclic amines) is 1. The number of aliphatic hydroxyl groups is 2. The topological polar surface area (TPSA) is 175 Å². The highest BCUT2D eigenvalue weighted by Crippen LogP contribution is 2.36. The standard InChI is InChI=1S/C57H91NO12/c1-15-57(10,11)42(9)54(63)58-28-20-19-23-45(58)56(65)70-49(39(6)31-43-25-27-46(59)50(32-43)67-13)34-47(60)38(5)30-41(8)52(62)53(68-14)51(61)40(7)29-35(2)21-17-16-18-22-36(3)48(66-12)33-44-26-24-37(4)55(64)69-44/h16-18,21-22,30,34-35,37-40,42-46,48,50,52-53,59,62H,15,19-20,23-29,31-33H2,1-14H3/b18-16+,21-17+,36-22+,41-30+,49-34-/t35-,37-,38-,39-,40-,42?,43?,44?,45?,46-,48+,50-,52-,53+/m1/s1. The molecular weight excluding hydrogens is 891 g/mol. The lowest BCUT2D eigenvalue weighted by atomic mass is 9.76. The maximum absolute atomic E-state index is 14.2. The number of ether oxygens (including phenoxy) is 5. The van der Waals surface area contributed by atoms with Gasteiger partial charge in [-0.3, -0.25) is 19.2 Å². The molecule has 14 atom stereocenters. The van der Waals surface area contributed by atoms with Crippen LogP contribution in [0.15, 0.2) is 59.4 Å². The van der Waals surface area contributed by atoms with Crippen LogP contribution in [-0.2, 0) is 47.7 Å². The number of carbonyl (C=O) groups is 5. The third kappa shape index (κ3) is 17.8. The number of nitrogens with zero attached hydrogens (tertiary/aromatic N) is 1. The molecule has 1 amide bonds. The van der Waals surface area contributed by atoms with E-state index in [0.29, 0.717) is 50.6 Å². The number of amides is 1. The summed E-state index contributed by atoms with van der Waals surface area (Å²) in [7, 11) is 4.64. The highest BCUT2D eigenvalue weighted by atomic mass is 16.6. The first-order valence-electron chi connectivity index (χ1n) is 26.2. The molecule has 2 N–H and O–H groups in total. The normalized spacial score (nSPS) is 26.8. The minimum atomic E-state index is -1.31. The number of hydrogen-bond donors (Lipinski definition) is 2. The summed E-state index contributed by atoms with van der Waals surface area (Å²) in [6.07, 6.45) is 17.3. The first-order chi connectivity index (χ1) is 33.0. The second-order valence-electron chi connectivity index (χ2n) is 21.6. The van der Waals surface area contributed by atoms with E-state index >= 15 is 0 Å². The van der Waals surface area contributed by atoms with Crippen molar-refractivity contribution < 1.29 is 57.9 Å². The minimum Gasteiger partial charge on any atom is -0.462 e. The predicted molar refractivity (Wildman–Crippen MR) is 273 cm³/mol. The van der Waals surface area contributed by atoms with E-state index in [4.69, 9.17) is 23.7 Å². The first-order valence-corrected chi connectivity index (χ1v) is 26.2. The van der Waals surface area contributed by atoms with Gasteiger partial charge in [0.05, 0.1) is 24.2 Å². The van der Waals surface area contributed by atoms with Crippen LogP contribution >= 0.6 is 0 Å². The van der Waals surface area contributed by atoms with Crippen LogP contribution in [0.25, 0.3) is 0 Å². The van der Waals surface area contributed by atoms with Crippen molar-refractivity contribution in [3.8, 4) is 0 Å². The van der Waals surface area contributed by atoms with Crippen molar-refractivity contribution in [3.63, 3.8) is 0 Å². The molecule has 0 bridgehead atoms. The lowest BCUT2D eigenvalue weighted by Crippen LogP contribution is -2.52. The van der Waals surface area contributed by atoms with Gasteiger partial charge in [0.15, 0.2) is 11.6 Å². The van der Waals surface area contributed by atoms with E-state index in [1.165, 1.54) is 13.2 Å². The van der Waals surface area contributed by atoms with Gasteiger partial charge in [0, 0.05) is 64.0 Å². The van der Waals surface area contributed by atoms with Crippen molar-refractivity contribution >= 4 is 29.4 Å². The molecule has 13 heteroatoms. The fourth-order valence-electron chi connectivity index (χ4n) is 9.98. The number of ketones is 2. The number of Topliss-reactive ketones (excluding diaryl/α,β-unsaturated/α-hetero) is 1. The Balaban J connectivity index is 1.72. The van der Waals surface area contributed by atoms with Crippen LogP contribution in [0.4, 0.5) is 0 Å². The molecule has 1 saturated carbocycles. The van der Waals surface area contributed by atoms with Gasteiger partial charge in [-0.2, -0.15) is 0 Å². The van der Waals surface area contributed by atoms with Crippen molar-refractivity contribution in [2.45, 2.75) is 196 Å². The number of aliphatic hydroxyl groups excluding tert-OH is 2. The van der Waals surface area contributed by atoms with E-state index in [0.717, 1.165) is 44.1 Å². The summed E-state index contributed by atoms with van der Waals surface area (Å²) in [5.74, 6) is -2.90. The third-order valence-corrected chi connectivity index (χ3v) is 15.7. The van der Waals surface area contributed by atoms with Crippen LogP contribution in [0.2, 0.25) is 0 Å². The maximum atomic E-state index is 14.2. The molecule has 0 aromatic rings. The van der Waals surface area contributed by atoms with E-state index in [-0.39, 0.29) is 82.5 Å². The number of piperidine rings is 1. The summed E-state index contributed by atoms with van der Waals surface area (Å²) in [6.45, 7) is 21.6. The number of rotatable bonds is 26. The van der Waals surface area contributed by atoms with Crippen LogP contribution in [-0.4, -0.2) is 115 Å². The number of cyclic esters (lactones) is 1. The van der Waals surface area contributed by atoms with Crippen LogP contribution in [0, 0.1) is 46.8 Å². The molecule has 2 aliphatic heterocycles. The summed E-state index contributed by atoms with van der Waals surface area (Å²) in [6, 6.07) is -0.778. The summed E-state index contributed by atoms with van der Waals surface area (Å²) in [4.78, 5) is 69.6. The molecule has 2 heterocycles. The first kappa shape index (κ1) is 60.6. The van der Waals surface area contributed by atoms with Crippen LogP contribution in [0.5, 0.6) is 0 Å². The van der Waals surface area contributed by atoms with E-state index in [1.807, 2.05) is 71.9 Å². The smallest absolute Gasteiger partial charge is 0.333 e. The van der Waals surface area contributed by atoms with Crippen molar-refractivity contribution in [2.75, 3.05) is 27.9 Å². The third-order valence-electron chi connectivity index (χ3n) is 15.7. The summed E-state index contributed by atoms with van der Waals surface area (Å²) in [5.41, 5.74) is 1.16. The van der Waals surface area contributed by atoms with E-state index < -0.39 is 42.2 Å². The Morgan fingerprint density at radius 1 is 0.886 bits per heavy atom. The van der Waals surface area contributed by atoms with Crippen molar-refractivity contribution in [3.05, 3.63) is 59.4 Å². The maximum Gasteiger partial charge on any atom is 0.333 e. The van der Waals surface area contributed by atoms with Gasteiger partial charge in [-0.1, -0.05) is 105 Å². The molecule has 0 aromatic heterocycles. The Morgan fingerprint density at radius 2 is 1.59 bits per heavy atom. The molecule has 0 spiro atoms. The largest absolute Gasteiger partial charge is 0.462 e. The van der Waals surface area contributed by atoms with Gasteiger partial charge >= 0.3 is 11.9 Å². The van der Waals surface area contributed by atoms with E-state index in [2.05, 4.69) is 20.8 Å². The molecule has 13 nitrogen and oxygen atoms in total. The number of carbonyl (C=O) groups excluding carboxylic acids is 5. The van der Waals surface area contributed by atoms with Gasteiger partial charge in [-0.15, -0.1) is 0 Å². The average Bonchev–Trinajstić information content (AvgIpc) is 3.33. The summed E-state index contributed by atoms with van der Waals surface area (Å²) in [5, 5.41) is 22.0. The zero-order valence-electron chi connectivity index (χ0n) is 45.2. The van der Waals surface area contributed by atoms with Crippen molar-refractivity contribution in [2.24, 2.45) is 46.8 Å².